The number of hydrogen-bond donors (Lipinski definition) is 1. The average Bonchev–Trinajstić information content (AvgIpc) is 3.49. The highest BCUT2D eigenvalue weighted by Crippen LogP contribution is 2.45. The van der Waals surface area contributed by atoms with E-state index in [0.29, 0.717) is 35.4 Å². The molecule has 8 heteroatoms. The zero-order chi connectivity index (χ0) is 26.6. The van der Waals surface area contributed by atoms with Crippen LogP contribution >= 0.6 is 11.6 Å². The largest absolute Gasteiger partial charge is 0.497 e. The summed E-state index contributed by atoms with van der Waals surface area (Å²) < 4.78 is 17.0. The van der Waals surface area contributed by atoms with Gasteiger partial charge in [0.1, 0.15) is 11.4 Å². The van der Waals surface area contributed by atoms with Gasteiger partial charge in [-0.3, -0.25) is 9.89 Å². The summed E-state index contributed by atoms with van der Waals surface area (Å²) in [5.41, 5.74) is 4.81. The number of carbonyl (C=O) groups is 1. The fourth-order valence-electron chi connectivity index (χ4n) is 4.76. The molecule has 4 aromatic rings. The average molecular weight is 532 g/mol. The molecule has 1 unspecified atom stereocenters. The minimum atomic E-state index is -0.386. The lowest BCUT2D eigenvalue weighted by Gasteiger charge is -2.27. The summed E-state index contributed by atoms with van der Waals surface area (Å²) in [5, 5.41) is 8.23. The maximum Gasteiger partial charge on any atom is 0.273 e. The predicted molar refractivity (Wildman–Crippen MR) is 147 cm³/mol. The molecule has 1 aromatic heterocycles. The molecule has 1 amide bonds. The lowest BCUT2D eigenvalue weighted by atomic mass is 9.95. The van der Waals surface area contributed by atoms with Crippen molar-refractivity contribution >= 4 is 17.5 Å². The van der Waals surface area contributed by atoms with Crippen molar-refractivity contribution in [2.75, 3.05) is 20.8 Å². The van der Waals surface area contributed by atoms with Crippen LogP contribution in [-0.2, 0) is 6.54 Å². The van der Waals surface area contributed by atoms with Crippen LogP contribution in [0.1, 0.15) is 53.0 Å². The number of ether oxygens (including phenoxy) is 3. The number of halogens is 1. The second-order valence-corrected chi connectivity index (χ2v) is 9.60. The topological polar surface area (TPSA) is 76.7 Å². The number of aromatic nitrogens is 2. The zero-order valence-electron chi connectivity index (χ0n) is 21.7. The summed E-state index contributed by atoms with van der Waals surface area (Å²) in [5.74, 6) is 1.94. The number of rotatable bonds is 10. The molecule has 0 spiro atoms. The van der Waals surface area contributed by atoms with Crippen molar-refractivity contribution in [3.8, 4) is 28.5 Å². The Hall–Kier alpha value is -3.97. The Labute approximate surface area is 227 Å². The quantitative estimate of drug-likeness (QED) is 0.231. The van der Waals surface area contributed by atoms with Crippen molar-refractivity contribution < 1.29 is 19.0 Å². The van der Waals surface area contributed by atoms with E-state index in [1.54, 1.807) is 14.2 Å². The van der Waals surface area contributed by atoms with Crippen LogP contribution in [0.15, 0.2) is 66.7 Å². The van der Waals surface area contributed by atoms with E-state index < -0.39 is 0 Å². The van der Waals surface area contributed by atoms with Crippen molar-refractivity contribution in [2.45, 2.75) is 32.4 Å². The molecule has 0 saturated carbocycles. The van der Waals surface area contributed by atoms with Gasteiger partial charge in [0.25, 0.3) is 5.91 Å². The molecule has 1 N–H and O–H groups in total. The third kappa shape index (κ3) is 4.94. The van der Waals surface area contributed by atoms with Crippen molar-refractivity contribution in [3.63, 3.8) is 0 Å². The number of carbonyl (C=O) groups excluding carboxylic acids is 1. The van der Waals surface area contributed by atoms with Crippen LogP contribution in [0, 0.1) is 0 Å². The summed E-state index contributed by atoms with van der Waals surface area (Å²) in [4.78, 5) is 15.6. The summed E-state index contributed by atoms with van der Waals surface area (Å²) in [6, 6.07) is 20.7. The molecule has 1 aliphatic rings. The van der Waals surface area contributed by atoms with Crippen molar-refractivity contribution in [1.29, 1.82) is 0 Å². The van der Waals surface area contributed by atoms with E-state index in [9.17, 15) is 4.79 Å². The monoisotopic (exact) mass is 531 g/mol. The molecule has 3 aromatic carbocycles. The first kappa shape index (κ1) is 25.7. The number of nitrogens with zero attached hydrogens (tertiary/aromatic N) is 2. The molecule has 7 nitrogen and oxygen atoms in total. The molecule has 38 heavy (non-hydrogen) atoms. The Morgan fingerprint density at radius 1 is 0.974 bits per heavy atom. The van der Waals surface area contributed by atoms with Gasteiger partial charge in [-0.1, -0.05) is 43.1 Å². The highest BCUT2D eigenvalue weighted by atomic mass is 35.5. The van der Waals surface area contributed by atoms with E-state index in [2.05, 4.69) is 17.1 Å². The molecule has 0 radical (unpaired) electrons. The molecule has 5 rings (SSSR count). The maximum absolute atomic E-state index is 13.7. The van der Waals surface area contributed by atoms with E-state index in [-0.39, 0.29) is 11.9 Å². The van der Waals surface area contributed by atoms with Gasteiger partial charge in [0, 0.05) is 22.7 Å². The molecule has 0 aliphatic carbocycles. The van der Waals surface area contributed by atoms with Gasteiger partial charge in [-0.25, -0.2) is 0 Å². The van der Waals surface area contributed by atoms with Crippen LogP contribution in [0.4, 0.5) is 0 Å². The summed E-state index contributed by atoms with van der Waals surface area (Å²) in [6.45, 7) is 3.14. The molecule has 0 saturated heterocycles. The summed E-state index contributed by atoms with van der Waals surface area (Å²) in [6.07, 6.45) is 2.00. The fraction of sp³-hybridized carbons (Fsp3) is 0.267. The van der Waals surface area contributed by atoms with Gasteiger partial charge in [0.15, 0.2) is 11.5 Å². The van der Waals surface area contributed by atoms with E-state index in [4.69, 9.17) is 25.8 Å². The fourth-order valence-corrected chi connectivity index (χ4v) is 4.89. The van der Waals surface area contributed by atoms with Crippen LogP contribution in [0.3, 0.4) is 0 Å². The Kier molecular flexibility index (Phi) is 7.56. The first-order chi connectivity index (χ1) is 18.5. The maximum atomic E-state index is 13.7. The van der Waals surface area contributed by atoms with Crippen molar-refractivity contribution in [1.82, 2.24) is 15.1 Å². The second-order valence-electron chi connectivity index (χ2n) is 9.16. The highest BCUT2D eigenvalue weighted by Gasteiger charge is 2.42. The van der Waals surface area contributed by atoms with Crippen LogP contribution < -0.4 is 14.2 Å². The molecule has 196 valence electrons. The molecule has 2 heterocycles. The number of methoxy groups -OCH3 is 2. The summed E-state index contributed by atoms with van der Waals surface area (Å²) in [7, 11) is 3.26. The van der Waals surface area contributed by atoms with Gasteiger partial charge in [-0.2, -0.15) is 5.10 Å². The van der Waals surface area contributed by atoms with Crippen LogP contribution in [0.2, 0.25) is 5.02 Å². The normalized spacial score (nSPS) is 14.5. The minimum absolute atomic E-state index is 0.116. The van der Waals surface area contributed by atoms with Gasteiger partial charge in [0.2, 0.25) is 0 Å². The van der Waals surface area contributed by atoms with E-state index in [1.807, 2.05) is 71.6 Å². The highest BCUT2D eigenvalue weighted by molar-refractivity contribution is 6.30. The van der Waals surface area contributed by atoms with Gasteiger partial charge in [-0.15, -0.1) is 0 Å². The van der Waals surface area contributed by atoms with E-state index in [1.165, 1.54) is 0 Å². The molecule has 1 aliphatic heterocycles. The van der Waals surface area contributed by atoms with E-state index in [0.717, 1.165) is 46.5 Å². The molecule has 1 atom stereocenters. The van der Waals surface area contributed by atoms with Gasteiger partial charge >= 0.3 is 0 Å². The van der Waals surface area contributed by atoms with Crippen molar-refractivity contribution in [2.24, 2.45) is 0 Å². The first-order valence-corrected chi connectivity index (χ1v) is 13.0. The lowest BCUT2D eigenvalue weighted by Crippen LogP contribution is -2.29. The first-order valence-electron chi connectivity index (χ1n) is 12.6. The molecule has 0 bridgehead atoms. The van der Waals surface area contributed by atoms with Crippen molar-refractivity contribution in [3.05, 3.63) is 94.1 Å². The van der Waals surface area contributed by atoms with Crippen LogP contribution in [0.5, 0.6) is 17.2 Å². The number of amides is 1. The Balaban J connectivity index is 1.59. The van der Waals surface area contributed by atoms with E-state index >= 15 is 0 Å². The second kappa shape index (κ2) is 11.2. The lowest BCUT2D eigenvalue weighted by molar-refractivity contribution is 0.0730. The number of unbranched alkanes of at least 4 members (excludes halogenated alkanes) is 1. The third-order valence-electron chi connectivity index (χ3n) is 6.75. The smallest absolute Gasteiger partial charge is 0.273 e. The minimum Gasteiger partial charge on any atom is -0.497 e. The molecular formula is C30H30ClN3O4. The number of H-pyrrole nitrogens is 1. The molecule has 0 fully saturated rings. The van der Waals surface area contributed by atoms with Gasteiger partial charge in [-0.05, 0) is 66.1 Å². The number of aromatic amines is 1. The van der Waals surface area contributed by atoms with Gasteiger partial charge < -0.3 is 19.1 Å². The number of hydrogen-bond acceptors (Lipinski definition) is 5. The zero-order valence-corrected chi connectivity index (χ0v) is 22.4. The Morgan fingerprint density at radius 3 is 2.42 bits per heavy atom. The Morgan fingerprint density at radius 2 is 1.74 bits per heavy atom. The Bertz CT molecular complexity index is 1420. The SMILES string of the molecule is CCCCOc1ccc(C2c3c(-c4ccc(OC)cc4)n[nH]c3C(=O)N2Cc2ccc(Cl)cc2)cc1OC. The van der Waals surface area contributed by atoms with Crippen LogP contribution in [-0.4, -0.2) is 41.8 Å². The number of fused-ring (bicyclic) bond motifs is 1. The third-order valence-corrected chi connectivity index (χ3v) is 7.00. The number of benzene rings is 3. The molecular weight excluding hydrogens is 502 g/mol. The predicted octanol–water partition coefficient (Wildman–Crippen LogP) is 6.67. The number of nitrogens with one attached hydrogen (secondary N) is 1. The summed E-state index contributed by atoms with van der Waals surface area (Å²) >= 11 is 6.11. The van der Waals surface area contributed by atoms with Crippen LogP contribution in [0.25, 0.3) is 11.3 Å². The standard InChI is InChI=1S/C30H30ClN3O4/c1-4-5-16-38-24-15-10-21(17-25(24)37-3)29-26-27(20-8-13-23(36-2)14-9-20)32-33-28(26)30(35)34(29)18-19-6-11-22(31)12-7-19/h6-15,17,29H,4-5,16,18H2,1-3H3,(H,32,33). The van der Waals surface area contributed by atoms with Gasteiger partial charge in [0.05, 0.1) is 32.6 Å².